The predicted molar refractivity (Wildman–Crippen MR) is 61.2 cm³/mol. The molecule has 0 saturated carbocycles. The molecule has 0 fully saturated rings. The van der Waals surface area contributed by atoms with Crippen molar-refractivity contribution in [2.75, 3.05) is 14.1 Å². The van der Waals surface area contributed by atoms with Crippen LogP contribution in [-0.4, -0.2) is 24.8 Å². The zero-order chi connectivity index (χ0) is 10.6. The van der Waals surface area contributed by atoms with Crippen LogP contribution in [0, 0.1) is 0 Å². The van der Waals surface area contributed by atoms with Gasteiger partial charge in [0.25, 0.3) is 0 Å². The van der Waals surface area contributed by atoms with Gasteiger partial charge in [0.1, 0.15) is 0 Å². The third kappa shape index (κ3) is 2.57. The number of allylic oxidation sites excluding steroid dienone is 2. The number of ketones is 1. The van der Waals surface area contributed by atoms with Crippen molar-refractivity contribution in [1.29, 1.82) is 0 Å². The van der Waals surface area contributed by atoms with Gasteiger partial charge in [-0.15, -0.1) is 11.3 Å². The summed E-state index contributed by atoms with van der Waals surface area (Å²) in [5.74, 6) is -0.0675. The molecule has 74 valence electrons. The van der Waals surface area contributed by atoms with E-state index in [-0.39, 0.29) is 5.78 Å². The minimum atomic E-state index is -0.0675. The number of nitrogens with zero attached hydrogens (tertiary/aromatic N) is 1. The molecule has 3 heteroatoms. The lowest BCUT2D eigenvalue weighted by atomic mass is 10.2. The molecule has 14 heavy (non-hydrogen) atoms. The lowest BCUT2D eigenvalue weighted by molar-refractivity contribution is -0.110. The van der Waals surface area contributed by atoms with Crippen molar-refractivity contribution in [3.63, 3.8) is 0 Å². The van der Waals surface area contributed by atoms with Gasteiger partial charge in [-0.1, -0.05) is 12.6 Å². The van der Waals surface area contributed by atoms with Crippen LogP contribution in [0.4, 0.5) is 0 Å². The molecule has 0 N–H and O–H groups in total. The predicted octanol–water partition coefficient (Wildman–Crippen LogP) is 2.41. The standard InChI is InChI=1S/C11H13NOS/c1-4-9(13)8-10(12(2)3)11-6-5-7-14-11/h4-8H,1H2,2-3H3/b10-8+. The van der Waals surface area contributed by atoms with Gasteiger partial charge in [0.15, 0.2) is 5.78 Å². The molecule has 0 atom stereocenters. The molecule has 0 spiro atoms. The highest BCUT2D eigenvalue weighted by molar-refractivity contribution is 7.11. The summed E-state index contributed by atoms with van der Waals surface area (Å²) in [6, 6.07) is 3.96. The first-order valence-electron chi connectivity index (χ1n) is 4.24. The minimum absolute atomic E-state index is 0.0675. The van der Waals surface area contributed by atoms with E-state index in [4.69, 9.17) is 0 Å². The van der Waals surface area contributed by atoms with E-state index in [0.29, 0.717) is 0 Å². The molecule has 0 aliphatic rings. The molecule has 0 saturated heterocycles. The summed E-state index contributed by atoms with van der Waals surface area (Å²) in [5.41, 5.74) is 0.921. The first-order chi connectivity index (χ1) is 6.65. The Morgan fingerprint density at radius 2 is 2.29 bits per heavy atom. The van der Waals surface area contributed by atoms with Crippen molar-refractivity contribution in [2.45, 2.75) is 0 Å². The maximum Gasteiger partial charge on any atom is 0.180 e. The van der Waals surface area contributed by atoms with Crippen LogP contribution in [0.1, 0.15) is 4.88 Å². The van der Waals surface area contributed by atoms with Crippen molar-refractivity contribution >= 4 is 22.8 Å². The summed E-state index contributed by atoms with van der Waals surface area (Å²) in [6.45, 7) is 3.45. The zero-order valence-electron chi connectivity index (χ0n) is 8.36. The van der Waals surface area contributed by atoms with Crippen molar-refractivity contribution in [3.05, 3.63) is 41.1 Å². The van der Waals surface area contributed by atoms with Crippen LogP contribution >= 0.6 is 11.3 Å². The van der Waals surface area contributed by atoms with Crippen LogP contribution < -0.4 is 0 Å². The molecule has 0 amide bonds. The third-order valence-corrected chi connectivity index (χ3v) is 2.63. The normalized spacial score (nSPS) is 11.1. The summed E-state index contributed by atoms with van der Waals surface area (Å²) in [6.07, 6.45) is 2.91. The number of carbonyl (C=O) groups is 1. The van der Waals surface area contributed by atoms with Gasteiger partial charge < -0.3 is 4.90 Å². The summed E-state index contributed by atoms with van der Waals surface area (Å²) in [7, 11) is 3.84. The molecule has 0 radical (unpaired) electrons. The monoisotopic (exact) mass is 207 g/mol. The zero-order valence-corrected chi connectivity index (χ0v) is 9.17. The quantitative estimate of drug-likeness (QED) is 0.707. The fourth-order valence-corrected chi connectivity index (χ4v) is 1.86. The average Bonchev–Trinajstić information content (AvgIpc) is 2.65. The van der Waals surface area contributed by atoms with Crippen molar-refractivity contribution in [3.8, 4) is 0 Å². The van der Waals surface area contributed by atoms with Crippen LogP contribution in [0.3, 0.4) is 0 Å². The Morgan fingerprint density at radius 1 is 1.57 bits per heavy atom. The van der Waals surface area contributed by atoms with E-state index >= 15 is 0 Å². The molecule has 0 aromatic carbocycles. The van der Waals surface area contributed by atoms with Gasteiger partial charge in [0.05, 0.1) is 10.6 Å². The molecule has 1 aromatic heterocycles. The van der Waals surface area contributed by atoms with Gasteiger partial charge in [0.2, 0.25) is 0 Å². The first kappa shape index (κ1) is 10.7. The van der Waals surface area contributed by atoms with Crippen LogP contribution in [0.25, 0.3) is 5.70 Å². The Hall–Kier alpha value is -1.35. The first-order valence-corrected chi connectivity index (χ1v) is 5.12. The van der Waals surface area contributed by atoms with Gasteiger partial charge in [-0.2, -0.15) is 0 Å². The lowest BCUT2D eigenvalue weighted by Crippen LogP contribution is -2.10. The maximum absolute atomic E-state index is 11.2. The summed E-state index contributed by atoms with van der Waals surface area (Å²) >= 11 is 1.62. The van der Waals surface area contributed by atoms with E-state index in [0.717, 1.165) is 10.6 Å². The second-order valence-electron chi connectivity index (χ2n) is 3.01. The Kier molecular flexibility index (Phi) is 3.65. The highest BCUT2D eigenvalue weighted by Gasteiger charge is 2.05. The molecule has 0 unspecified atom stereocenters. The van der Waals surface area contributed by atoms with Crippen LogP contribution in [0.15, 0.2) is 36.2 Å². The van der Waals surface area contributed by atoms with E-state index < -0.39 is 0 Å². The van der Waals surface area contributed by atoms with E-state index in [2.05, 4.69) is 6.58 Å². The van der Waals surface area contributed by atoms with E-state index in [1.54, 1.807) is 17.4 Å². The van der Waals surface area contributed by atoms with Gasteiger partial charge in [-0.25, -0.2) is 0 Å². The fraction of sp³-hybridized carbons (Fsp3) is 0.182. The molecule has 1 aromatic rings. The van der Waals surface area contributed by atoms with Crippen molar-refractivity contribution in [2.24, 2.45) is 0 Å². The van der Waals surface area contributed by atoms with Gasteiger partial charge in [-0.05, 0) is 17.5 Å². The average molecular weight is 207 g/mol. The second kappa shape index (κ2) is 4.77. The summed E-state index contributed by atoms with van der Waals surface area (Å²) in [4.78, 5) is 14.2. The number of thiophene rings is 1. The maximum atomic E-state index is 11.2. The Morgan fingerprint density at radius 3 is 2.71 bits per heavy atom. The Labute approximate surface area is 88.2 Å². The van der Waals surface area contributed by atoms with Gasteiger partial charge in [-0.3, -0.25) is 4.79 Å². The summed E-state index contributed by atoms with van der Waals surface area (Å²) in [5, 5.41) is 1.99. The molecule has 1 rings (SSSR count). The SMILES string of the molecule is C=CC(=O)/C=C(\c1cccs1)N(C)C. The molecule has 0 aliphatic carbocycles. The van der Waals surface area contributed by atoms with Gasteiger partial charge >= 0.3 is 0 Å². The fourth-order valence-electron chi connectivity index (χ4n) is 1.04. The van der Waals surface area contributed by atoms with Crippen LogP contribution in [0.5, 0.6) is 0 Å². The van der Waals surface area contributed by atoms with E-state index in [1.165, 1.54) is 6.08 Å². The minimum Gasteiger partial charge on any atom is -0.376 e. The molecule has 0 bridgehead atoms. The molecular weight excluding hydrogens is 194 g/mol. The van der Waals surface area contributed by atoms with Gasteiger partial charge in [0, 0.05) is 20.2 Å². The van der Waals surface area contributed by atoms with Crippen molar-refractivity contribution in [1.82, 2.24) is 4.90 Å². The summed E-state index contributed by atoms with van der Waals surface area (Å²) < 4.78 is 0. The van der Waals surface area contributed by atoms with Crippen LogP contribution in [0.2, 0.25) is 0 Å². The molecule has 1 heterocycles. The molecule has 0 aliphatic heterocycles. The topological polar surface area (TPSA) is 20.3 Å². The number of hydrogen-bond acceptors (Lipinski definition) is 3. The third-order valence-electron chi connectivity index (χ3n) is 1.74. The highest BCUT2D eigenvalue weighted by atomic mass is 32.1. The van der Waals surface area contributed by atoms with Crippen molar-refractivity contribution < 1.29 is 4.79 Å². The smallest absolute Gasteiger partial charge is 0.180 e. The largest absolute Gasteiger partial charge is 0.376 e. The highest BCUT2D eigenvalue weighted by Crippen LogP contribution is 2.21. The van der Waals surface area contributed by atoms with Crippen LogP contribution in [-0.2, 0) is 4.79 Å². The Balaban J connectivity index is 3.02. The number of carbonyl (C=O) groups excluding carboxylic acids is 1. The molecular formula is C11H13NOS. The number of hydrogen-bond donors (Lipinski definition) is 0. The Bertz CT molecular complexity index is 349. The number of rotatable bonds is 4. The second-order valence-corrected chi connectivity index (χ2v) is 3.96. The van der Waals surface area contributed by atoms with E-state index in [9.17, 15) is 4.79 Å². The van der Waals surface area contributed by atoms with E-state index in [1.807, 2.05) is 36.5 Å². The lowest BCUT2D eigenvalue weighted by Gasteiger charge is -2.15. The molecule has 2 nitrogen and oxygen atoms in total.